The Morgan fingerprint density at radius 1 is 0.833 bits per heavy atom. The number of nitrogens with zero attached hydrogens (tertiary/aromatic N) is 3. The zero-order chi connectivity index (χ0) is 20.8. The molecule has 0 bridgehead atoms. The molecule has 2 heterocycles. The summed E-state index contributed by atoms with van der Waals surface area (Å²) in [5, 5.41) is 0. The van der Waals surface area contributed by atoms with Crippen LogP contribution in [-0.2, 0) is 9.59 Å². The molecule has 2 aromatic carbocycles. The number of anilines is 1. The molecule has 2 aromatic rings. The van der Waals surface area contributed by atoms with Crippen LogP contribution in [0, 0.1) is 0 Å². The maximum Gasteiger partial charge on any atom is 0.241 e. The highest BCUT2D eigenvalue weighted by Crippen LogP contribution is 2.22. The number of likely N-dealkylation sites (tertiary alicyclic amines) is 1. The summed E-state index contributed by atoms with van der Waals surface area (Å²) >= 11 is 0. The van der Waals surface area contributed by atoms with Gasteiger partial charge in [-0.25, -0.2) is 0 Å². The van der Waals surface area contributed by atoms with E-state index in [0.29, 0.717) is 32.7 Å². The fraction of sp³-hybridized carbons (Fsp3) is 0.417. The number of rotatable bonds is 6. The van der Waals surface area contributed by atoms with E-state index in [2.05, 4.69) is 4.90 Å². The number of carbonyl (C=O) groups excluding carboxylic acids is 2. The topological polar surface area (TPSA) is 53.1 Å². The molecule has 0 N–H and O–H groups in total. The monoisotopic (exact) mass is 407 g/mol. The van der Waals surface area contributed by atoms with Gasteiger partial charge in [-0.2, -0.15) is 0 Å². The molecule has 2 aliphatic rings. The number of benzene rings is 2. The molecule has 0 radical (unpaired) electrons. The van der Waals surface area contributed by atoms with E-state index in [4.69, 9.17) is 4.74 Å². The first kappa shape index (κ1) is 20.4. The highest BCUT2D eigenvalue weighted by molar-refractivity contribution is 5.95. The molecule has 2 amide bonds. The van der Waals surface area contributed by atoms with Crippen LogP contribution in [0.5, 0.6) is 5.75 Å². The van der Waals surface area contributed by atoms with Gasteiger partial charge in [-0.05, 0) is 37.1 Å². The first-order chi connectivity index (χ1) is 14.7. The molecule has 1 unspecified atom stereocenters. The summed E-state index contributed by atoms with van der Waals surface area (Å²) in [6.45, 7) is 3.77. The third kappa shape index (κ3) is 5.00. The van der Waals surface area contributed by atoms with Crippen LogP contribution < -0.4 is 9.64 Å². The van der Waals surface area contributed by atoms with E-state index in [1.54, 1.807) is 0 Å². The molecule has 2 aliphatic heterocycles. The van der Waals surface area contributed by atoms with E-state index in [9.17, 15) is 9.59 Å². The zero-order valence-electron chi connectivity index (χ0n) is 17.3. The smallest absolute Gasteiger partial charge is 0.241 e. The molecule has 2 fully saturated rings. The summed E-state index contributed by atoms with van der Waals surface area (Å²) < 4.78 is 5.75. The summed E-state index contributed by atoms with van der Waals surface area (Å²) in [4.78, 5) is 31.3. The van der Waals surface area contributed by atoms with Crippen LogP contribution in [0.15, 0.2) is 60.7 Å². The highest BCUT2D eigenvalue weighted by Gasteiger charge is 2.32. The maximum absolute atomic E-state index is 12.7. The Bertz CT molecular complexity index is 843. The molecule has 4 rings (SSSR count). The Labute approximate surface area is 178 Å². The lowest BCUT2D eigenvalue weighted by Crippen LogP contribution is -2.53. The molecule has 0 spiro atoms. The third-order valence-corrected chi connectivity index (χ3v) is 5.98. The van der Waals surface area contributed by atoms with Gasteiger partial charge in [0, 0.05) is 37.8 Å². The van der Waals surface area contributed by atoms with Crippen molar-refractivity contribution in [3.05, 3.63) is 60.7 Å². The Morgan fingerprint density at radius 2 is 1.57 bits per heavy atom. The minimum Gasteiger partial charge on any atom is -0.492 e. The van der Waals surface area contributed by atoms with Crippen molar-refractivity contribution in [2.24, 2.45) is 0 Å². The van der Waals surface area contributed by atoms with Gasteiger partial charge in [-0.1, -0.05) is 36.4 Å². The van der Waals surface area contributed by atoms with Crippen LogP contribution in [0.2, 0.25) is 0 Å². The molecule has 0 aliphatic carbocycles. The maximum atomic E-state index is 12.7. The first-order valence-electron chi connectivity index (χ1n) is 10.8. The van der Waals surface area contributed by atoms with Gasteiger partial charge in [-0.15, -0.1) is 0 Å². The predicted molar refractivity (Wildman–Crippen MR) is 117 cm³/mol. The summed E-state index contributed by atoms with van der Waals surface area (Å²) in [5.41, 5.74) is 0.961. The molecular weight excluding hydrogens is 378 g/mol. The summed E-state index contributed by atoms with van der Waals surface area (Å²) in [6.07, 6.45) is 2.24. The van der Waals surface area contributed by atoms with Gasteiger partial charge >= 0.3 is 0 Å². The average Bonchev–Trinajstić information content (AvgIpc) is 2.97. The van der Waals surface area contributed by atoms with E-state index in [0.717, 1.165) is 37.4 Å². The number of para-hydroxylation sites is 2. The van der Waals surface area contributed by atoms with Gasteiger partial charge in [0.2, 0.25) is 11.8 Å². The van der Waals surface area contributed by atoms with E-state index in [-0.39, 0.29) is 17.9 Å². The molecule has 2 saturated heterocycles. The van der Waals surface area contributed by atoms with E-state index < -0.39 is 0 Å². The Morgan fingerprint density at radius 3 is 2.30 bits per heavy atom. The van der Waals surface area contributed by atoms with Crippen molar-refractivity contribution in [1.82, 2.24) is 9.80 Å². The van der Waals surface area contributed by atoms with E-state index in [1.165, 1.54) is 0 Å². The number of amides is 2. The van der Waals surface area contributed by atoms with Gasteiger partial charge in [0.25, 0.3) is 0 Å². The quantitative estimate of drug-likeness (QED) is 0.739. The van der Waals surface area contributed by atoms with Crippen LogP contribution in [0.1, 0.15) is 19.3 Å². The van der Waals surface area contributed by atoms with Gasteiger partial charge in [0.05, 0.1) is 13.1 Å². The second-order valence-electron chi connectivity index (χ2n) is 7.87. The lowest BCUT2D eigenvalue weighted by atomic mass is 10.1. The standard InChI is InChI=1S/C24H29N3O3/c28-23-12-11-20(13-14-25(23)17-18-30-22-9-5-2-6-10-22)26-15-16-27(24(29)19-26)21-7-3-1-4-8-21/h1-10,20H,11-19H2. The average molecular weight is 408 g/mol. The molecule has 158 valence electrons. The fourth-order valence-corrected chi connectivity index (χ4v) is 4.30. The van der Waals surface area contributed by atoms with Crippen molar-refractivity contribution in [3.63, 3.8) is 0 Å². The SMILES string of the molecule is O=C1CCC(N2CCN(c3ccccc3)C(=O)C2)CCN1CCOc1ccccc1. The third-order valence-electron chi connectivity index (χ3n) is 5.98. The van der Waals surface area contributed by atoms with Crippen molar-refractivity contribution >= 4 is 17.5 Å². The fourth-order valence-electron chi connectivity index (χ4n) is 4.30. The van der Waals surface area contributed by atoms with Gasteiger partial charge in [0.1, 0.15) is 12.4 Å². The van der Waals surface area contributed by atoms with Crippen LogP contribution >= 0.6 is 0 Å². The largest absolute Gasteiger partial charge is 0.492 e. The van der Waals surface area contributed by atoms with Crippen molar-refractivity contribution < 1.29 is 14.3 Å². The normalized spacial score (nSPS) is 20.9. The summed E-state index contributed by atoms with van der Waals surface area (Å²) in [6, 6.07) is 19.8. The van der Waals surface area contributed by atoms with Crippen molar-refractivity contribution in [3.8, 4) is 5.75 Å². The summed E-state index contributed by atoms with van der Waals surface area (Å²) in [5.74, 6) is 1.15. The highest BCUT2D eigenvalue weighted by atomic mass is 16.5. The summed E-state index contributed by atoms with van der Waals surface area (Å²) in [7, 11) is 0. The predicted octanol–water partition coefficient (Wildman–Crippen LogP) is 2.80. The minimum absolute atomic E-state index is 0.135. The molecule has 6 nitrogen and oxygen atoms in total. The lowest BCUT2D eigenvalue weighted by molar-refractivity contribution is -0.131. The van der Waals surface area contributed by atoms with Crippen LogP contribution in [0.25, 0.3) is 0 Å². The van der Waals surface area contributed by atoms with Crippen LogP contribution in [0.4, 0.5) is 5.69 Å². The molecule has 0 saturated carbocycles. The lowest BCUT2D eigenvalue weighted by Gasteiger charge is -2.38. The number of ether oxygens (including phenoxy) is 1. The number of carbonyl (C=O) groups is 2. The molecule has 1 atom stereocenters. The van der Waals surface area contributed by atoms with Crippen molar-refractivity contribution in [2.75, 3.05) is 44.2 Å². The van der Waals surface area contributed by atoms with Gasteiger partial charge in [-0.3, -0.25) is 14.5 Å². The molecule has 30 heavy (non-hydrogen) atoms. The van der Waals surface area contributed by atoms with Gasteiger partial charge < -0.3 is 14.5 Å². The number of hydrogen-bond donors (Lipinski definition) is 0. The number of piperazine rings is 1. The Hall–Kier alpha value is -2.86. The molecule has 6 heteroatoms. The molecule has 0 aromatic heterocycles. The Balaban J connectivity index is 1.27. The van der Waals surface area contributed by atoms with Crippen LogP contribution in [0.3, 0.4) is 0 Å². The van der Waals surface area contributed by atoms with Crippen molar-refractivity contribution in [2.45, 2.75) is 25.3 Å². The molecular formula is C24H29N3O3. The first-order valence-corrected chi connectivity index (χ1v) is 10.8. The van der Waals surface area contributed by atoms with Crippen LogP contribution in [-0.4, -0.2) is 67.0 Å². The van der Waals surface area contributed by atoms with Gasteiger partial charge in [0.15, 0.2) is 0 Å². The van der Waals surface area contributed by atoms with Crippen molar-refractivity contribution in [1.29, 1.82) is 0 Å². The van der Waals surface area contributed by atoms with E-state index in [1.807, 2.05) is 70.5 Å². The second kappa shape index (κ2) is 9.76. The Kier molecular flexibility index (Phi) is 6.64. The number of hydrogen-bond acceptors (Lipinski definition) is 4. The minimum atomic E-state index is 0.135. The second-order valence-corrected chi connectivity index (χ2v) is 7.87. The zero-order valence-corrected chi connectivity index (χ0v) is 17.3. The van der Waals surface area contributed by atoms with E-state index >= 15 is 0 Å².